The van der Waals surface area contributed by atoms with Gasteiger partial charge in [0.1, 0.15) is 11.8 Å². The lowest BCUT2D eigenvalue weighted by Crippen LogP contribution is -2.39. The number of esters is 1. The Morgan fingerprint density at radius 3 is 2.37 bits per heavy atom. The van der Waals surface area contributed by atoms with Gasteiger partial charge in [0.15, 0.2) is 0 Å². The van der Waals surface area contributed by atoms with Gasteiger partial charge in [-0.3, -0.25) is 10.1 Å². The van der Waals surface area contributed by atoms with Gasteiger partial charge in [0.25, 0.3) is 0 Å². The third-order valence-corrected chi connectivity index (χ3v) is 3.05. The van der Waals surface area contributed by atoms with Crippen molar-refractivity contribution < 1.29 is 14.3 Å². The SMILES string of the molecule is CCOC(=O)C(CC)NC(C)c1ccc(OC)cc1. The molecule has 0 aromatic heterocycles. The van der Waals surface area contributed by atoms with Crippen LogP contribution in [0.5, 0.6) is 5.75 Å². The molecule has 0 radical (unpaired) electrons. The summed E-state index contributed by atoms with van der Waals surface area (Å²) >= 11 is 0. The summed E-state index contributed by atoms with van der Waals surface area (Å²) in [7, 11) is 1.64. The average molecular weight is 265 g/mol. The Hall–Kier alpha value is -1.55. The molecule has 0 heterocycles. The second kappa shape index (κ2) is 7.79. The molecule has 106 valence electrons. The van der Waals surface area contributed by atoms with Crippen LogP contribution in [0.4, 0.5) is 0 Å². The van der Waals surface area contributed by atoms with Crippen molar-refractivity contribution in [1.82, 2.24) is 5.32 Å². The molecule has 4 heteroatoms. The lowest BCUT2D eigenvalue weighted by atomic mass is 10.1. The largest absolute Gasteiger partial charge is 0.497 e. The van der Waals surface area contributed by atoms with Gasteiger partial charge in [-0.25, -0.2) is 0 Å². The van der Waals surface area contributed by atoms with Crippen LogP contribution in [0.25, 0.3) is 0 Å². The number of hydrogen-bond acceptors (Lipinski definition) is 4. The van der Waals surface area contributed by atoms with Crippen LogP contribution >= 0.6 is 0 Å². The zero-order valence-electron chi connectivity index (χ0n) is 12.1. The van der Waals surface area contributed by atoms with Crippen molar-refractivity contribution in [2.75, 3.05) is 13.7 Å². The number of rotatable bonds is 7. The summed E-state index contributed by atoms with van der Waals surface area (Å²) in [5.74, 6) is 0.638. The topological polar surface area (TPSA) is 47.6 Å². The Balaban J connectivity index is 2.65. The normalized spacial score (nSPS) is 13.7. The molecule has 1 N–H and O–H groups in total. The molecule has 0 bridgehead atoms. The number of benzene rings is 1. The van der Waals surface area contributed by atoms with Gasteiger partial charge in [-0.15, -0.1) is 0 Å². The van der Waals surface area contributed by atoms with Gasteiger partial charge in [0.2, 0.25) is 0 Å². The standard InChI is InChI=1S/C15H23NO3/c1-5-14(15(17)19-6-2)16-11(3)12-7-9-13(18-4)10-8-12/h7-11,14,16H,5-6H2,1-4H3. The number of methoxy groups -OCH3 is 1. The molecule has 0 spiro atoms. The highest BCUT2D eigenvalue weighted by atomic mass is 16.5. The maximum Gasteiger partial charge on any atom is 0.323 e. The molecular formula is C15H23NO3. The minimum absolute atomic E-state index is 0.0836. The van der Waals surface area contributed by atoms with Gasteiger partial charge < -0.3 is 9.47 Å². The molecule has 0 aliphatic heterocycles. The zero-order chi connectivity index (χ0) is 14.3. The van der Waals surface area contributed by atoms with E-state index in [0.29, 0.717) is 13.0 Å². The molecule has 0 amide bonds. The Bertz CT molecular complexity index is 389. The smallest absolute Gasteiger partial charge is 0.323 e. The van der Waals surface area contributed by atoms with E-state index >= 15 is 0 Å². The van der Waals surface area contributed by atoms with E-state index in [0.717, 1.165) is 11.3 Å². The molecule has 0 aliphatic carbocycles. The van der Waals surface area contributed by atoms with Crippen molar-refractivity contribution in [1.29, 1.82) is 0 Å². The van der Waals surface area contributed by atoms with Crippen molar-refractivity contribution in [2.24, 2.45) is 0 Å². The number of nitrogens with one attached hydrogen (secondary N) is 1. The van der Waals surface area contributed by atoms with Gasteiger partial charge in [0.05, 0.1) is 13.7 Å². The highest BCUT2D eigenvalue weighted by Crippen LogP contribution is 2.18. The number of ether oxygens (including phenoxy) is 2. The van der Waals surface area contributed by atoms with Crippen molar-refractivity contribution in [3.8, 4) is 5.75 Å². The van der Waals surface area contributed by atoms with E-state index in [-0.39, 0.29) is 18.1 Å². The molecule has 1 rings (SSSR count). The maximum absolute atomic E-state index is 11.7. The fourth-order valence-corrected chi connectivity index (χ4v) is 1.89. The monoisotopic (exact) mass is 265 g/mol. The summed E-state index contributed by atoms with van der Waals surface area (Å²) in [4.78, 5) is 11.7. The zero-order valence-corrected chi connectivity index (χ0v) is 12.1. The molecular weight excluding hydrogens is 242 g/mol. The summed E-state index contributed by atoms with van der Waals surface area (Å²) in [6.45, 7) is 6.23. The summed E-state index contributed by atoms with van der Waals surface area (Å²) in [6, 6.07) is 7.64. The van der Waals surface area contributed by atoms with E-state index in [9.17, 15) is 4.79 Å². The molecule has 0 saturated heterocycles. The van der Waals surface area contributed by atoms with Crippen LogP contribution in [0, 0.1) is 0 Å². The van der Waals surface area contributed by atoms with Crippen LogP contribution in [0.2, 0.25) is 0 Å². The van der Waals surface area contributed by atoms with Crippen molar-refractivity contribution in [3.05, 3.63) is 29.8 Å². The first-order valence-corrected chi connectivity index (χ1v) is 6.69. The van der Waals surface area contributed by atoms with Gasteiger partial charge in [-0.2, -0.15) is 0 Å². The Labute approximate surface area is 115 Å². The van der Waals surface area contributed by atoms with Crippen molar-refractivity contribution >= 4 is 5.97 Å². The van der Waals surface area contributed by atoms with Crippen LogP contribution < -0.4 is 10.1 Å². The van der Waals surface area contributed by atoms with Gasteiger partial charge >= 0.3 is 5.97 Å². The van der Waals surface area contributed by atoms with E-state index in [1.54, 1.807) is 7.11 Å². The first-order chi connectivity index (χ1) is 9.12. The van der Waals surface area contributed by atoms with Crippen molar-refractivity contribution in [2.45, 2.75) is 39.3 Å². The first kappa shape index (κ1) is 15.5. The minimum atomic E-state index is -0.267. The summed E-state index contributed by atoms with van der Waals surface area (Å²) in [5, 5.41) is 3.29. The number of carbonyl (C=O) groups is 1. The third-order valence-electron chi connectivity index (χ3n) is 3.05. The first-order valence-electron chi connectivity index (χ1n) is 6.69. The predicted octanol–water partition coefficient (Wildman–Crippen LogP) is 2.69. The van der Waals surface area contributed by atoms with Crippen LogP contribution in [0.1, 0.15) is 38.8 Å². The van der Waals surface area contributed by atoms with Crippen LogP contribution in [0.15, 0.2) is 24.3 Å². The van der Waals surface area contributed by atoms with Crippen LogP contribution in [-0.4, -0.2) is 25.7 Å². The molecule has 0 aliphatic rings. The predicted molar refractivity (Wildman–Crippen MR) is 75.3 cm³/mol. The molecule has 0 saturated carbocycles. The number of hydrogen-bond donors (Lipinski definition) is 1. The minimum Gasteiger partial charge on any atom is -0.497 e. The van der Waals surface area contributed by atoms with E-state index in [4.69, 9.17) is 9.47 Å². The summed E-state index contributed by atoms with van der Waals surface area (Å²) < 4.78 is 10.2. The second-order valence-corrected chi connectivity index (χ2v) is 4.37. The van der Waals surface area contributed by atoms with Crippen LogP contribution in [-0.2, 0) is 9.53 Å². The molecule has 2 atom stereocenters. The van der Waals surface area contributed by atoms with E-state index in [1.807, 2.05) is 45.0 Å². The fourth-order valence-electron chi connectivity index (χ4n) is 1.89. The highest BCUT2D eigenvalue weighted by Gasteiger charge is 2.20. The summed E-state index contributed by atoms with van der Waals surface area (Å²) in [5.41, 5.74) is 1.11. The Kier molecular flexibility index (Phi) is 6.36. The molecule has 19 heavy (non-hydrogen) atoms. The maximum atomic E-state index is 11.7. The fraction of sp³-hybridized carbons (Fsp3) is 0.533. The summed E-state index contributed by atoms with van der Waals surface area (Å²) in [6.07, 6.45) is 0.708. The molecule has 1 aromatic rings. The molecule has 4 nitrogen and oxygen atoms in total. The number of carbonyl (C=O) groups excluding carboxylic acids is 1. The van der Waals surface area contributed by atoms with E-state index in [2.05, 4.69) is 5.32 Å². The molecule has 0 fully saturated rings. The van der Waals surface area contributed by atoms with Gasteiger partial charge in [-0.05, 0) is 38.0 Å². The van der Waals surface area contributed by atoms with Gasteiger partial charge in [-0.1, -0.05) is 19.1 Å². The molecule has 1 aromatic carbocycles. The lowest BCUT2D eigenvalue weighted by Gasteiger charge is -2.21. The quantitative estimate of drug-likeness (QED) is 0.770. The second-order valence-electron chi connectivity index (χ2n) is 4.37. The molecule has 2 unspecified atom stereocenters. The Morgan fingerprint density at radius 2 is 1.89 bits per heavy atom. The van der Waals surface area contributed by atoms with Crippen LogP contribution in [0.3, 0.4) is 0 Å². The van der Waals surface area contributed by atoms with E-state index < -0.39 is 0 Å². The Morgan fingerprint density at radius 1 is 1.26 bits per heavy atom. The lowest BCUT2D eigenvalue weighted by molar-refractivity contribution is -0.146. The van der Waals surface area contributed by atoms with Gasteiger partial charge in [0, 0.05) is 6.04 Å². The average Bonchev–Trinajstić information content (AvgIpc) is 2.44. The highest BCUT2D eigenvalue weighted by molar-refractivity contribution is 5.75. The van der Waals surface area contributed by atoms with E-state index in [1.165, 1.54) is 0 Å². The van der Waals surface area contributed by atoms with Crippen molar-refractivity contribution in [3.63, 3.8) is 0 Å². The third kappa shape index (κ3) is 4.56.